The third-order valence-corrected chi connectivity index (χ3v) is 6.64. The van der Waals surface area contributed by atoms with E-state index in [0.717, 1.165) is 6.42 Å². The topological polar surface area (TPSA) is 94.1 Å². The van der Waals surface area contributed by atoms with E-state index in [9.17, 15) is 9.59 Å². The van der Waals surface area contributed by atoms with Crippen molar-refractivity contribution in [2.45, 2.75) is 23.8 Å². The fourth-order valence-electron chi connectivity index (χ4n) is 3.80. The maximum absolute atomic E-state index is 12.5. The van der Waals surface area contributed by atoms with Gasteiger partial charge in [0.25, 0.3) is 5.91 Å². The Balaban J connectivity index is 1.37. The molecule has 1 aliphatic heterocycles. The van der Waals surface area contributed by atoms with Gasteiger partial charge in [-0.2, -0.15) is 0 Å². The summed E-state index contributed by atoms with van der Waals surface area (Å²) < 4.78 is 16.5. The Bertz CT molecular complexity index is 1220. The number of carboxylic acid groups (broad SMARTS) is 1. The zero-order chi connectivity index (χ0) is 24.8. The quantitative estimate of drug-likeness (QED) is 0.268. The van der Waals surface area contributed by atoms with Crippen molar-refractivity contribution in [2.24, 2.45) is 0 Å². The molecule has 7 nitrogen and oxygen atoms in total. The number of hydrogen-bond acceptors (Lipinski definition) is 6. The third kappa shape index (κ3) is 6.21. The normalized spacial score (nSPS) is 14.4. The van der Waals surface area contributed by atoms with E-state index in [1.807, 2.05) is 18.4 Å². The minimum atomic E-state index is -1.35. The third-order valence-electron chi connectivity index (χ3n) is 5.51. The number of benzene rings is 3. The van der Waals surface area contributed by atoms with Crippen LogP contribution in [0.15, 0.2) is 65.6 Å². The molecule has 4 rings (SSSR count). The lowest BCUT2D eigenvalue weighted by atomic mass is 10.0. The van der Waals surface area contributed by atoms with Gasteiger partial charge in [0.15, 0.2) is 0 Å². The lowest BCUT2D eigenvalue weighted by Crippen LogP contribution is -2.25. The molecule has 0 aliphatic carbocycles. The monoisotopic (exact) mass is 513 g/mol. The average Bonchev–Trinajstić information content (AvgIpc) is 2.85. The van der Waals surface area contributed by atoms with E-state index in [4.69, 9.17) is 30.9 Å². The molecule has 35 heavy (non-hydrogen) atoms. The number of carbonyl (C=O) groups excluding carboxylic acids is 1. The Morgan fingerprint density at radius 3 is 2.69 bits per heavy atom. The number of amides is 1. The van der Waals surface area contributed by atoms with Crippen LogP contribution in [-0.2, 0) is 11.2 Å². The van der Waals surface area contributed by atoms with E-state index in [-0.39, 0.29) is 5.91 Å². The number of nitrogens with one attached hydrogen (secondary N) is 1. The molecule has 3 aromatic carbocycles. The van der Waals surface area contributed by atoms with Crippen LogP contribution in [0, 0.1) is 0 Å². The summed E-state index contributed by atoms with van der Waals surface area (Å²) in [5, 5.41) is 12.2. The van der Waals surface area contributed by atoms with Crippen LogP contribution < -0.4 is 14.8 Å². The summed E-state index contributed by atoms with van der Waals surface area (Å²) in [5.41, 5.74) is 2.28. The van der Waals surface area contributed by atoms with E-state index in [1.54, 1.807) is 48.2 Å². The number of hydrogen-bond donors (Lipinski definition) is 2. The van der Waals surface area contributed by atoms with E-state index in [1.165, 1.54) is 10.5 Å². The first-order chi connectivity index (χ1) is 16.9. The summed E-state index contributed by atoms with van der Waals surface area (Å²) in [4.78, 5) is 24.7. The highest BCUT2D eigenvalue weighted by Gasteiger charge is 2.27. The highest BCUT2D eigenvalue weighted by atomic mass is 35.5. The second kappa shape index (κ2) is 11.4. The summed E-state index contributed by atoms with van der Waals surface area (Å²) >= 11 is 8.06. The van der Waals surface area contributed by atoms with Gasteiger partial charge >= 0.3 is 6.16 Å². The molecule has 0 fully saturated rings. The van der Waals surface area contributed by atoms with Gasteiger partial charge in [-0.3, -0.25) is 4.79 Å². The first kappa shape index (κ1) is 24.8. The first-order valence-corrected chi connectivity index (χ1v) is 12.6. The fourth-order valence-corrected chi connectivity index (χ4v) is 4.66. The van der Waals surface area contributed by atoms with Crippen LogP contribution in [0.2, 0.25) is 5.02 Å². The van der Waals surface area contributed by atoms with Crippen LogP contribution in [0.5, 0.6) is 17.2 Å². The van der Waals surface area contributed by atoms with Gasteiger partial charge in [-0.25, -0.2) is 4.79 Å². The van der Waals surface area contributed by atoms with E-state index >= 15 is 0 Å². The molecular formula is C26H24ClNO6S. The van der Waals surface area contributed by atoms with Crippen molar-refractivity contribution < 1.29 is 28.9 Å². The van der Waals surface area contributed by atoms with E-state index in [2.05, 4.69) is 17.4 Å². The Morgan fingerprint density at radius 2 is 1.94 bits per heavy atom. The minimum Gasteiger partial charge on any atom is -0.493 e. The molecule has 0 saturated carbocycles. The number of ether oxygens (including phenoxy) is 3. The highest BCUT2D eigenvalue weighted by molar-refractivity contribution is 7.98. The second-order valence-electron chi connectivity index (χ2n) is 7.77. The van der Waals surface area contributed by atoms with Crippen molar-refractivity contribution >= 4 is 35.4 Å². The van der Waals surface area contributed by atoms with Crippen LogP contribution in [0.3, 0.4) is 0 Å². The zero-order valence-electron chi connectivity index (χ0n) is 19.0. The number of carbonyl (C=O) groups is 2. The number of rotatable bonds is 8. The summed E-state index contributed by atoms with van der Waals surface area (Å²) in [6, 6.07) is 18.1. The van der Waals surface area contributed by atoms with Gasteiger partial charge in [-0.15, -0.1) is 11.8 Å². The standard InChI is InChI=1S/C26H24ClNO6S/c1-35-24-5-3-2-4-16(24)10-12-28-25(29)17-6-8-18(9-7-17)33-23-15-22-19(14-20(23)27)21(11-13-32-22)34-26(30)31/h2-9,14-15,21H,10-13H2,1H3,(H,28,29)(H,30,31). The molecule has 0 aromatic heterocycles. The van der Waals surface area contributed by atoms with Crippen molar-refractivity contribution in [1.29, 1.82) is 0 Å². The molecule has 2 N–H and O–H groups in total. The number of fused-ring (bicyclic) bond motifs is 1. The SMILES string of the molecule is CSc1ccccc1CCNC(=O)c1ccc(Oc2cc3c(cc2Cl)C(OC(=O)O)CCO3)cc1. The van der Waals surface area contributed by atoms with Crippen LogP contribution in [0.25, 0.3) is 0 Å². The number of thioether (sulfide) groups is 1. The summed E-state index contributed by atoms with van der Waals surface area (Å²) in [5.74, 6) is 1.14. The molecule has 182 valence electrons. The van der Waals surface area contributed by atoms with E-state index < -0.39 is 12.3 Å². The Morgan fingerprint density at radius 1 is 1.17 bits per heavy atom. The molecular weight excluding hydrogens is 490 g/mol. The highest BCUT2D eigenvalue weighted by Crippen LogP contribution is 2.42. The molecule has 0 bridgehead atoms. The predicted molar refractivity (Wildman–Crippen MR) is 134 cm³/mol. The van der Waals surface area contributed by atoms with Crippen molar-refractivity contribution in [3.8, 4) is 17.2 Å². The summed E-state index contributed by atoms with van der Waals surface area (Å²) in [7, 11) is 0. The predicted octanol–water partition coefficient (Wildman–Crippen LogP) is 6.34. The lowest BCUT2D eigenvalue weighted by molar-refractivity contribution is 0.0326. The molecule has 3 aromatic rings. The van der Waals surface area contributed by atoms with Crippen LogP contribution in [0.1, 0.15) is 34.0 Å². The van der Waals surface area contributed by atoms with Gasteiger partial charge in [0, 0.05) is 35.1 Å². The number of halogens is 1. The molecule has 9 heteroatoms. The molecule has 0 radical (unpaired) electrons. The second-order valence-corrected chi connectivity index (χ2v) is 9.03. The van der Waals surface area contributed by atoms with Gasteiger partial charge in [-0.1, -0.05) is 29.8 Å². The van der Waals surface area contributed by atoms with Gasteiger partial charge in [0.05, 0.1) is 11.6 Å². The maximum atomic E-state index is 12.5. The molecule has 1 heterocycles. The van der Waals surface area contributed by atoms with Gasteiger partial charge < -0.3 is 24.6 Å². The molecule has 1 atom stereocenters. The van der Waals surface area contributed by atoms with Gasteiger partial charge in [0.2, 0.25) is 0 Å². The van der Waals surface area contributed by atoms with Gasteiger partial charge in [0.1, 0.15) is 23.4 Å². The molecule has 1 amide bonds. The summed E-state index contributed by atoms with van der Waals surface area (Å²) in [6.45, 7) is 0.852. The minimum absolute atomic E-state index is 0.164. The van der Waals surface area contributed by atoms with Crippen molar-refractivity contribution in [1.82, 2.24) is 5.32 Å². The first-order valence-electron chi connectivity index (χ1n) is 11.0. The molecule has 1 aliphatic rings. The Hall–Kier alpha value is -3.36. The van der Waals surface area contributed by atoms with Crippen LogP contribution in [0.4, 0.5) is 4.79 Å². The summed E-state index contributed by atoms with van der Waals surface area (Å²) in [6.07, 6.45) is 1.20. The van der Waals surface area contributed by atoms with E-state index in [0.29, 0.717) is 53.0 Å². The maximum Gasteiger partial charge on any atom is 0.506 e. The zero-order valence-corrected chi connectivity index (χ0v) is 20.5. The fraction of sp³-hybridized carbons (Fsp3) is 0.231. The Labute approximate surface area is 212 Å². The van der Waals surface area contributed by atoms with Crippen molar-refractivity contribution in [3.63, 3.8) is 0 Å². The molecule has 0 saturated heterocycles. The van der Waals surface area contributed by atoms with Crippen molar-refractivity contribution in [3.05, 3.63) is 82.4 Å². The van der Waals surface area contributed by atoms with Crippen LogP contribution >= 0.6 is 23.4 Å². The average molecular weight is 514 g/mol. The Kier molecular flexibility index (Phi) is 8.05. The van der Waals surface area contributed by atoms with Crippen LogP contribution in [-0.4, -0.2) is 36.6 Å². The largest absolute Gasteiger partial charge is 0.506 e. The smallest absolute Gasteiger partial charge is 0.493 e. The van der Waals surface area contributed by atoms with Gasteiger partial charge in [-0.05, 0) is 54.6 Å². The lowest BCUT2D eigenvalue weighted by Gasteiger charge is -2.25. The van der Waals surface area contributed by atoms with Crippen molar-refractivity contribution in [2.75, 3.05) is 19.4 Å². The molecule has 0 spiro atoms. The molecule has 1 unspecified atom stereocenters.